The highest BCUT2D eigenvalue weighted by molar-refractivity contribution is 5.22. The van der Waals surface area contributed by atoms with Crippen LogP contribution in [-0.2, 0) is 13.1 Å². The van der Waals surface area contributed by atoms with Crippen LogP contribution in [0.5, 0.6) is 0 Å². The summed E-state index contributed by atoms with van der Waals surface area (Å²) in [6.07, 6.45) is 1.69. The molecule has 1 atom stereocenters. The summed E-state index contributed by atoms with van der Waals surface area (Å²) in [7, 11) is 0. The summed E-state index contributed by atoms with van der Waals surface area (Å²) in [6, 6.07) is 3.30. The zero-order chi connectivity index (χ0) is 14.1. The molecule has 0 saturated carbocycles. The van der Waals surface area contributed by atoms with Crippen molar-refractivity contribution in [3.05, 3.63) is 47.5 Å². The van der Waals surface area contributed by atoms with E-state index < -0.39 is 11.6 Å². The predicted molar refractivity (Wildman–Crippen MR) is 68.6 cm³/mol. The lowest BCUT2D eigenvalue weighted by Gasteiger charge is -2.34. The van der Waals surface area contributed by atoms with Gasteiger partial charge in [-0.05, 0) is 17.7 Å². The molecular formula is C13H15F2N5. The molecule has 7 heteroatoms. The zero-order valence-corrected chi connectivity index (χ0v) is 10.8. The Kier molecular flexibility index (Phi) is 3.45. The van der Waals surface area contributed by atoms with Gasteiger partial charge in [0.2, 0.25) is 0 Å². The first kappa shape index (κ1) is 13.1. The van der Waals surface area contributed by atoms with E-state index in [9.17, 15) is 8.78 Å². The molecule has 2 heterocycles. The molecule has 0 saturated heterocycles. The second-order valence-electron chi connectivity index (χ2n) is 4.87. The zero-order valence-electron chi connectivity index (χ0n) is 10.8. The summed E-state index contributed by atoms with van der Waals surface area (Å²) in [6.45, 7) is 2.35. The summed E-state index contributed by atoms with van der Waals surface area (Å²) in [5, 5.41) is 7.89. The molecule has 0 amide bonds. The molecule has 1 aliphatic rings. The molecule has 0 spiro atoms. The number of hydrogen-bond donors (Lipinski definition) is 1. The van der Waals surface area contributed by atoms with E-state index in [-0.39, 0.29) is 12.6 Å². The van der Waals surface area contributed by atoms with Crippen LogP contribution in [0.25, 0.3) is 0 Å². The molecule has 5 nitrogen and oxygen atoms in total. The topological polar surface area (TPSA) is 60.0 Å². The SMILES string of the molecule is NCC(c1cc(F)cc(F)c1)N1CCn2cnnc2C1. The highest BCUT2D eigenvalue weighted by Gasteiger charge is 2.25. The van der Waals surface area contributed by atoms with E-state index in [1.165, 1.54) is 12.1 Å². The van der Waals surface area contributed by atoms with Crippen molar-refractivity contribution in [2.75, 3.05) is 13.1 Å². The van der Waals surface area contributed by atoms with Crippen molar-refractivity contribution in [2.24, 2.45) is 5.73 Å². The first-order valence-corrected chi connectivity index (χ1v) is 6.44. The van der Waals surface area contributed by atoms with E-state index in [1.807, 2.05) is 4.57 Å². The van der Waals surface area contributed by atoms with Crippen LogP contribution in [0.15, 0.2) is 24.5 Å². The van der Waals surface area contributed by atoms with Gasteiger partial charge in [0.05, 0.1) is 6.54 Å². The molecule has 3 rings (SSSR count). The Balaban J connectivity index is 1.87. The number of hydrogen-bond acceptors (Lipinski definition) is 4. The standard InChI is InChI=1S/C13H15F2N5/c14-10-3-9(4-11(15)5-10)12(6-16)19-1-2-20-8-17-18-13(20)7-19/h3-5,8,12H,1-2,6-7,16H2. The maximum atomic E-state index is 13.4. The second kappa shape index (κ2) is 5.26. The fourth-order valence-corrected chi connectivity index (χ4v) is 2.61. The first-order chi connectivity index (χ1) is 9.67. The van der Waals surface area contributed by atoms with Crippen LogP contribution in [0, 0.1) is 11.6 Å². The molecule has 1 unspecified atom stereocenters. The van der Waals surface area contributed by atoms with Crippen LogP contribution < -0.4 is 5.73 Å². The molecule has 20 heavy (non-hydrogen) atoms. The van der Waals surface area contributed by atoms with Crippen LogP contribution in [0.2, 0.25) is 0 Å². The van der Waals surface area contributed by atoms with Gasteiger partial charge in [0.1, 0.15) is 23.8 Å². The molecule has 2 N–H and O–H groups in total. The van der Waals surface area contributed by atoms with Crippen LogP contribution in [0.3, 0.4) is 0 Å². The van der Waals surface area contributed by atoms with Crippen molar-refractivity contribution in [2.45, 2.75) is 19.1 Å². The van der Waals surface area contributed by atoms with E-state index in [1.54, 1.807) is 6.33 Å². The van der Waals surface area contributed by atoms with Crippen molar-refractivity contribution in [1.82, 2.24) is 19.7 Å². The van der Waals surface area contributed by atoms with E-state index >= 15 is 0 Å². The summed E-state index contributed by atoms with van der Waals surface area (Å²) >= 11 is 0. The maximum Gasteiger partial charge on any atom is 0.147 e. The monoisotopic (exact) mass is 279 g/mol. The van der Waals surface area contributed by atoms with Gasteiger partial charge in [0.25, 0.3) is 0 Å². The van der Waals surface area contributed by atoms with Crippen LogP contribution >= 0.6 is 0 Å². The quantitative estimate of drug-likeness (QED) is 0.913. The summed E-state index contributed by atoms with van der Waals surface area (Å²) in [4.78, 5) is 2.07. The van der Waals surface area contributed by atoms with Crippen LogP contribution in [0.4, 0.5) is 8.78 Å². The van der Waals surface area contributed by atoms with Crippen molar-refractivity contribution < 1.29 is 8.78 Å². The van der Waals surface area contributed by atoms with Crippen molar-refractivity contribution in [1.29, 1.82) is 0 Å². The third-order valence-corrected chi connectivity index (χ3v) is 3.60. The normalized spacial score (nSPS) is 16.9. The van der Waals surface area contributed by atoms with E-state index in [0.29, 0.717) is 12.1 Å². The Morgan fingerprint density at radius 1 is 1.20 bits per heavy atom. The minimum Gasteiger partial charge on any atom is -0.329 e. The van der Waals surface area contributed by atoms with Gasteiger partial charge in [0.15, 0.2) is 0 Å². The average Bonchev–Trinajstić information content (AvgIpc) is 2.86. The number of halogens is 2. The van der Waals surface area contributed by atoms with Crippen LogP contribution in [0.1, 0.15) is 17.4 Å². The van der Waals surface area contributed by atoms with E-state index in [2.05, 4.69) is 15.1 Å². The minimum absolute atomic E-state index is 0.231. The maximum absolute atomic E-state index is 13.4. The number of nitrogens with zero attached hydrogens (tertiary/aromatic N) is 4. The lowest BCUT2D eigenvalue weighted by Crippen LogP contribution is -2.39. The first-order valence-electron chi connectivity index (χ1n) is 6.44. The molecule has 1 aliphatic heterocycles. The van der Waals surface area contributed by atoms with Gasteiger partial charge < -0.3 is 10.3 Å². The molecule has 106 valence electrons. The highest BCUT2D eigenvalue weighted by Crippen LogP contribution is 2.25. The molecule has 1 aromatic carbocycles. The lowest BCUT2D eigenvalue weighted by atomic mass is 10.0. The fraction of sp³-hybridized carbons (Fsp3) is 0.385. The predicted octanol–water partition coefficient (Wildman–Crippen LogP) is 1.07. The number of rotatable bonds is 3. The Morgan fingerprint density at radius 2 is 1.95 bits per heavy atom. The molecular weight excluding hydrogens is 264 g/mol. The molecule has 0 bridgehead atoms. The van der Waals surface area contributed by atoms with Gasteiger partial charge >= 0.3 is 0 Å². The minimum atomic E-state index is -0.585. The van der Waals surface area contributed by atoms with E-state index in [4.69, 9.17) is 5.73 Å². The average molecular weight is 279 g/mol. The highest BCUT2D eigenvalue weighted by atomic mass is 19.1. The van der Waals surface area contributed by atoms with Crippen molar-refractivity contribution >= 4 is 0 Å². The van der Waals surface area contributed by atoms with Gasteiger partial charge in [0, 0.05) is 31.7 Å². The third kappa shape index (κ3) is 2.41. The largest absolute Gasteiger partial charge is 0.329 e. The Labute approximate surface area is 115 Å². The summed E-state index contributed by atoms with van der Waals surface area (Å²) in [5.74, 6) is -0.330. The number of nitrogens with two attached hydrogens (primary N) is 1. The van der Waals surface area contributed by atoms with Crippen molar-refractivity contribution in [3.8, 4) is 0 Å². The number of aromatic nitrogens is 3. The van der Waals surface area contributed by atoms with Gasteiger partial charge in [-0.1, -0.05) is 0 Å². The summed E-state index contributed by atoms with van der Waals surface area (Å²) in [5.41, 5.74) is 6.36. The lowest BCUT2D eigenvalue weighted by molar-refractivity contribution is 0.156. The fourth-order valence-electron chi connectivity index (χ4n) is 2.61. The number of fused-ring (bicyclic) bond motifs is 1. The van der Waals surface area contributed by atoms with Gasteiger partial charge in [-0.3, -0.25) is 4.90 Å². The number of benzene rings is 1. The van der Waals surface area contributed by atoms with Crippen LogP contribution in [-0.4, -0.2) is 32.8 Å². The van der Waals surface area contributed by atoms with E-state index in [0.717, 1.165) is 25.0 Å². The molecule has 0 radical (unpaired) electrons. The van der Waals surface area contributed by atoms with Gasteiger partial charge in [-0.2, -0.15) is 0 Å². The molecule has 0 fully saturated rings. The van der Waals surface area contributed by atoms with Gasteiger partial charge in [-0.15, -0.1) is 10.2 Å². The van der Waals surface area contributed by atoms with Gasteiger partial charge in [-0.25, -0.2) is 8.78 Å². The molecule has 0 aliphatic carbocycles. The second-order valence-corrected chi connectivity index (χ2v) is 4.87. The Morgan fingerprint density at radius 3 is 2.65 bits per heavy atom. The molecule has 1 aromatic heterocycles. The van der Waals surface area contributed by atoms with Crippen molar-refractivity contribution in [3.63, 3.8) is 0 Å². The molecule has 2 aromatic rings. The summed E-state index contributed by atoms with van der Waals surface area (Å²) < 4.78 is 28.7. The Bertz CT molecular complexity index is 592. The Hall–Kier alpha value is -1.86. The third-order valence-electron chi connectivity index (χ3n) is 3.60. The smallest absolute Gasteiger partial charge is 0.147 e.